The lowest BCUT2D eigenvalue weighted by atomic mass is 10.1. The summed E-state index contributed by atoms with van der Waals surface area (Å²) in [5, 5.41) is 11.2. The minimum absolute atomic E-state index is 0. The van der Waals surface area contributed by atoms with Gasteiger partial charge in [0.15, 0.2) is 5.96 Å². The highest BCUT2D eigenvalue weighted by Gasteiger charge is 2.07. The normalized spacial score (nSPS) is 11.4. The zero-order valence-corrected chi connectivity index (χ0v) is 21.6. The molecule has 4 rings (SSSR count). The van der Waals surface area contributed by atoms with Gasteiger partial charge in [0.1, 0.15) is 5.82 Å². The van der Waals surface area contributed by atoms with Crippen LogP contribution in [-0.4, -0.2) is 38.4 Å². The summed E-state index contributed by atoms with van der Waals surface area (Å²) in [6, 6.07) is 18.7. The van der Waals surface area contributed by atoms with Gasteiger partial charge in [-0.3, -0.25) is 4.68 Å². The third kappa shape index (κ3) is 6.56. The first-order valence-corrected chi connectivity index (χ1v) is 11.2. The first-order valence-electron chi connectivity index (χ1n) is 11.2. The van der Waals surface area contributed by atoms with Gasteiger partial charge in [0, 0.05) is 32.0 Å². The molecule has 0 unspecified atom stereocenters. The van der Waals surface area contributed by atoms with Gasteiger partial charge in [0.25, 0.3) is 0 Å². The van der Waals surface area contributed by atoms with Crippen molar-refractivity contribution in [1.82, 2.24) is 30.0 Å². The number of hydrogen-bond acceptors (Lipinski definition) is 3. The Morgan fingerprint density at radius 2 is 1.79 bits per heavy atom. The van der Waals surface area contributed by atoms with Crippen molar-refractivity contribution in [2.75, 3.05) is 13.1 Å². The molecule has 8 heteroatoms. The maximum atomic E-state index is 4.82. The molecule has 0 amide bonds. The summed E-state index contributed by atoms with van der Waals surface area (Å²) in [6.45, 7) is 8.12. The van der Waals surface area contributed by atoms with Gasteiger partial charge in [0.2, 0.25) is 0 Å². The number of benzene rings is 2. The first kappa shape index (κ1) is 24.8. The molecular formula is C25H32IN7. The number of aryl methyl sites for hydroxylation is 2. The molecule has 33 heavy (non-hydrogen) atoms. The van der Waals surface area contributed by atoms with Crippen LogP contribution in [0.5, 0.6) is 0 Å². The van der Waals surface area contributed by atoms with Crippen molar-refractivity contribution in [1.29, 1.82) is 0 Å². The number of nitrogens with zero attached hydrogens (tertiary/aromatic N) is 5. The van der Waals surface area contributed by atoms with E-state index in [2.05, 4.69) is 81.6 Å². The molecule has 0 atom stereocenters. The molecule has 2 N–H and O–H groups in total. The Morgan fingerprint density at radius 1 is 1.00 bits per heavy atom. The van der Waals surface area contributed by atoms with Crippen molar-refractivity contribution in [3.8, 4) is 0 Å². The molecule has 7 nitrogen and oxygen atoms in total. The van der Waals surface area contributed by atoms with Gasteiger partial charge in [-0.15, -0.1) is 24.0 Å². The molecule has 0 aliphatic rings. The summed E-state index contributed by atoms with van der Waals surface area (Å²) in [5.41, 5.74) is 4.69. The van der Waals surface area contributed by atoms with E-state index in [1.807, 2.05) is 29.2 Å². The second-order valence-corrected chi connectivity index (χ2v) is 7.75. The molecule has 0 spiro atoms. The van der Waals surface area contributed by atoms with Crippen molar-refractivity contribution in [3.05, 3.63) is 83.9 Å². The van der Waals surface area contributed by atoms with Crippen LogP contribution in [0, 0.1) is 6.92 Å². The molecule has 0 fully saturated rings. The maximum Gasteiger partial charge on any atom is 0.191 e. The second kappa shape index (κ2) is 12.4. The summed E-state index contributed by atoms with van der Waals surface area (Å²) >= 11 is 0. The highest BCUT2D eigenvalue weighted by Crippen LogP contribution is 2.15. The second-order valence-electron chi connectivity index (χ2n) is 7.75. The predicted molar refractivity (Wildman–Crippen MR) is 145 cm³/mol. The van der Waals surface area contributed by atoms with Crippen LogP contribution >= 0.6 is 24.0 Å². The number of aliphatic imine (C=N–C) groups is 1. The number of nitrogens with one attached hydrogen (secondary N) is 2. The average molecular weight is 557 g/mol. The summed E-state index contributed by atoms with van der Waals surface area (Å²) in [5.74, 6) is 1.90. The number of guanidine groups is 1. The molecular weight excluding hydrogens is 525 g/mol. The maximum absolute atomic E-state index is 4.82. The Hall–Kier alpha value is -2.88. The number of rotatable bonds is 9. The summed E-state index contributed by atoms with van der Waals surface area (Å²) in [6.07, 6.45) is 4.78. The van der Waals surface area contributed by atoms with Gasteiger partial charge in [-0.2, -0.15) is 5.10 Å². The lowest BCUT2D eigenvalue weighted by Crippen LogP contribution is -2.38. The van der Waals surface area contributed by atoms with Gasteiger partial charge in [-0.05, 0) is 49.6 Å². The highest BCUT2D eigenvalue weighted by molar-refractivity contribution is 14.0. The van der Waals surface area contributed by atoms with E-state index < -0.39 is 0 Å². The Morgan fingerprint density at radius 3 is 2.58 bits per heavy atom. The van der Waals surface area contributed by atoms with E-state index in [0.717, 1.165) is 49.9 Å². The number of aromatic nitrogens is 4. The molecule has 174 valence electrons. The first-order chi connectivity index (χ1) is 15.7. The van der Waals surface area contributed by atoms with Crippen LogP contribution in [-0.2, 0) is 19.6 Å². The highest BCUT2D eigenvalue weighted by atomic mass is 127. The van der Waals surface area contributed by atoms with Crippen LogP contribution in [0.15, 0.2) is 72.0 Å². The molecule has 0 saturated heterocycles. The molecule has 0 bridgehead atoms. The summed E-state index contributed by atoms with van der Waals surface area (Å²) < 4.78 is 4.22. The van der Waals surface area contributed by atoms with Gasteiger partial charge >= 0.3 is 0 Å². The van der Waals surface area contributed by atoms with E-state index in [9.17, 15) is 0 Å². The molecule has 2 aromatic heterocycles. The van der Waals surface area contributed by atoms with Crippen molar-refractivity contribution < 1.29 is 0 Å². The van der Waals surface area contributed by atoms with Gasteiger partial charge in [-0.25, -0.2) is 9.98 Å². The van der Waals surface area contributed by atoms with Crippen LogP contribution < -0.4 is 10.6 Å². The number of hydrogen-bond donors (Lipinski definition) is 2. The largest absolute Gasteiger partial charge is 0.357 e. The van der Waals surface area contributed by atoms with Crippen molar-refractivity contribution in [2.24, 2.45) is 4.99 Å². The minimum Gasteiger partial charge on any atom is -0.357 e. The van der Waals surface area contributed by atoms with Crippen LogP contribution in [0.25, 0.3) is 11.0 Å². The quantitative estimate of drug-likeness (QED) is 0.139. The third-order valence-electron chi connectivity index (χ3n) is 5.46. The van der Waals surface area contributed by atoms with Crippen LogP contribution in [0.2, 0.25) is 0 Å². The fraction of sp³-hybridized carbons (Fsp3) is 0.320. The molecule has 2 aromatic carbocycles. The number of para-hydroxylation sites is 2. The molecule has 2 heterocycles. The van der Waals surface area contributed by atoms with Gasteiger partial charge in [0.05, 0.1) is 24.1 Å². The smallest absolute Gasteiger partial charge is 0.191 e. The zero-order chi connectivity index (χ0) is 22.2. The van der Waals surface area contributed by atoms with Crippen LogP contribution in [0.3, 0.4) is 0 Å². The molecule has 4 aromatic rings. The Labute approximate surface area is 212 Å². The Bertz CT molecular complexity index is 1160. The number of imidazole rings is 1. The zero-order valence-electron chi connectivity index (χ0n) is 19.2. The molecule has 0 saturated carbocycles. The van der Waals surface area contributed by atoms with Gasteiger partial charge < -0.3 is 15.2 Å². The minimum atomic E-state index is 0. The standard InChI is InChI=1S/C25H31N7.HI/c1-3-26-25(27-14-8-17-32-20(2)30-23-12-6-7-13-24(23)32)28-18-21-10-4-5-11-22(21)19-31-16-9-15-29-31;/h4-7,9-13,15-16H,3,8,14,17-19H2,1-2H3,(H2,26,27,28);1H. The topological polar surface area (TPSA) is 72.1 Å². The van der Waals surface area contributed by atoms with Crippen molar-refractivity contribution >= 4 is 41.0 Å². The lowest BCUT2D eigenvalue weighted by molar-refractivity contribution is 0.624. The molecule has 0 radical (unpaired) electrons. The monoisotopic (exact) mass is 557 g/mol. The van der Waals surface area contributed by atoms with E-state index >= 15 is 0 Å². The van der Waals surface area contributed by atoms with E-state index in [1.165, 1.54) is 16.6 Å². The molecule has 0 aliphatic heterocycles. The predicted octanol–water partition coefficient (Wildman–Crippen LogP) is 4.35. The van der Waals surface area contributed by atoms with Crippen molar-refractivity contribution in [2.45, 2.75) is 39.9 Å². The van der Waals surface area contributed by atoms with Gasteiger partial charge in [-0.1, -0.05) is 36.4 Å². The fourth-order valence-corrected chi connectivity index (χ4v) is 3.86. The molecule has 0 aliphatic carbocycles. The Balaban J connectivity index is 0.00000306. The number of halogens is 1. The van der Waals surface area contributed by atoms with E-state index in [-0.39, 0.29) is 24.0 Å². The van der Waals surface area contributed by atoms with Crippen LogP contribution in [0.4, 0.5) is 0 Å². The third-order valence-corrected chi connectivity index (χ3v) is 5.46. The van der Waals surface area contributed by atoms with E-state index in [0.29, 0.717) is 6.54 Å². The summed E-state index contributed by atoms with van der Waals surface area (Å²) in [7, 11) is 0. The van der Waals surface area contributed by atoms with E-state index in [4.69, 9.17) is 4.99 Å². The van der Waals surface area contributed by atoms with Crippen LogP contribution in [0.1, 0.15) is 30.3 Å². The van der Waals surface area contributed by atoms with Crippen molar-refractivity contribution in [3.63, 3.8) is 0 Å². The van der Waals surface area contributed by atoms with E-state index in [1.54, 1.807) is 0 Å². The lowest BCUT2D eigenvalue weighted by Gasteiger charge is -2.13. The number of fused-ring (bicyclic) bond motifs is 1. The SMILES string of the molecule is CCNC(=NCc1ccccc1Cn1cccn1)NCCCn1c(C)nc2ccccc21.I. The average Bonchev–Trinajstić information content (AvgIpc) is 3.43. The Kier molecular flexibility index (Phi) is 9.29. The fourth-order valence-electron chi connectivity index (χ4n) is 3.86. The summed E-state index contributed by atoms with van der Waals surface area (Å²) in [4.78, 5) is 9.48.